The van der Waals surface area contributed by atoms with Crippen LogP contribution in [0.5, 0.6) is 5.75 Å². The van der Waals surface area contributed by atoms with Gasteiger partial charge in [-0.1, -0.05) is 12.1 Å². The summed E-state index contributed by atoms with van der Waals surface area (Å²) in [4.78, 5) is 0. The smallest absolute Gasteiger partial charge is 0.123 e. The summed E-state index contributed by atoms with van der Waals surface area (Å²) in [5.41, 5.74) is 8.92. The zero-order valence-corrected chi connectivity index (χ0v) is 10.8. The number of hydrogen-bond donors (Lipinski definition) is 1. The average molecular weight is 231 g/mol. The van der Waals surface area contributed by atoms with E-state index >= 15 is 0 Å². The van der Waals surface area contributed by atoms with Gasteiger partial charge in [0.15, 0.2) is 0 Å². The van der Waals surface area contributed by atoms with Crippen molar-refractivity contribution in [3.05, 3.63) is 29.3 Å². The van der Waals surface area contributed by atoms with E-state index in [4.69, 9.17) is 10.5 Å². The molecular formula is C15H21NO. The quantitative estimate of drug-likeness (QED) is 0.806. The normalized spacial score (nSPS) is 24.4. The van der Waals surface area contributed by atoms with E-state index in [1.165, 1.54) is 17.5 Å². The number of fused-ring (bicyclic) bond motifs is 1. The third kappa shape index (κ3) is 1.85. The first-order chi connectivity index (χ1) is 7.99. The van der Waals surface area contributed by atoms with Gasteiger partial charge < -0.3 is 10.5 Å². The lowest BCUT2D eigenvalue weighted by molar-refractivity contribution is 0.0845. The molecule has 0 saturated heterocycles. The van der Waals surface area contributed by atoms with Gasteiger partial charge in [-0.05, 0) is 63.1 Å². The van der Waals surface area contributed by atoms with Crippen molar-refractivity contribution in [3.63, 3.8) is 0 Å². The van der Waals surface area contributed by atoms with E-state index in [0.717, 1.165) is 31.4 Å². The van der Waals surface area contributed by atoms with Crippen LogP contribution in [0.15, 0.2) is 18.2 Å². The van der Waals surface area contributed by atoms with Crippen LogP contribution < -0.4 is 10.5 Å². The first kappa shape index (κ1) is 11.1. The fourth-order valence-corrected chi connectivity index (χ4v) is 2.81. The zero-order valence-electron chi connectivity index (χ0n) is 10.8. The highest BCUT2D eigenvalue weighted by Gasteiger charge is 2.35. The maximum atomic E-state index is 6.37. The van der Waals surface area contributed by atoms with Gasteiger partial charge in [0.25, 0.3) is 0 Å². The minimum Gasteiger partial charge on any atom is -0.488 e. The van der Waals surface area contributed by atoms with Gasteiger partial charge in [0.05, 0.1) is 0 Å². The Labute approximate surface area is 103 Å². The van der Waals surface area contributed by atoms with Crippen molar-refractivity contribution in [2.24, 2.45) is 5.73 Å². The predicted molar refractivity (Wildman–Crippen MR) is 69.2 cm³/mol. The summed E-state index contributed by atoms with van der Waals surface area (Å²) in [7, 11) is 0. The van der Waals surface area contributed by atoms with Crippen molar-refractivity contribution >= 4 is 0 Å². The number of hydrogen-bond acceptors (Lipinski definition) is 2. The van der Waals surface area contributed by atoms with E-state index in [0.29, 0.717) is 0 Å². The third-order valence-electron chi connectivity index (χ3n) is 4.26. The van der Waals surface area contributed by atoms with Crippen LogP contribution in [-0.2, 0) is 12.0 Å². The average Bonchev–Trinajstić information content (AvgIpc) is 2.24. The molecule has 1 fully saturated rings. The van der Waals surface area contributed by atoms with Gasteiger partial charge in [0.1, 0.15) is 11.4 Å². The molecule has 2 heteroatoms. The summed E-state index contributed by atoms with van der Waals surface area (Å²) >= 11 is 0. The molecule has 1 saturated carbocycles. The molecule has 1 aromatic carbocycles. The number of aryl methyl sites for hydroxylation is 1. The van der Waals surface area contributed by atoms with Gasteiger partial charge in [-0.25, -0.2) is 0 Å². The van der Waals surface area contributed by atoms with E-state index in [1.54, 1.807) is 0 Å². The van der Waals surface area contributed by atoms with Crippen LogP contribution in [0.1, 0.15) is 50.7 Å². The summed E-state index contributed by atoms with van der Waals surface area (Å²) in [6.07, 6.45) is 5.70. The summed E-state index contributed by atoms with van der Waals surface area (Å²) in [6.45, 7) is 4.31. The van der Waals surface area contributed by atoms with Crippen molar-refractivity contribution in [1.82, 2.24) is 0 Å². The molecule has 2 aliphatic rings. The Morgan fingerprint density at radius 3 is 2.59 bits per heavy atom. The molecule has 0 unspecified atom stereocenters. The molecule has 92 valence electrons. The van der Waals surface area contributed by atoms with E-state index in [-0.39, 0.29) is 11.1 Å². The SMILES string of the molecule is CC1(C)CCc2cc(C3(N)CCC3)ccc2O1. The summed E-state index contributed by atoms with van der Waals surface area (Å²) in [5, 5.41) is 0. The van der Waals surface area contributed by atoms with E-state index in [1.807, 2.05) is 0 Å². The number of ether oxygens (including phenoxy) is 1. The van der Waals surface area contributed by atoms with Gasteiger partial charge in [-0.2, -0.15) is 0 Å². The second kappa shape index (κ2) is 3.49. The van der Waals surface area contributed by atoms with Crippen molar-refractivity contribution in [2.75, 3.05) is 0 Å². The maximum Gasteiger partial charge on any atom is 0.123 e. The van der Waals surface area contributed by atoms with Crippen LogP contribution in [0, 0.1) is 0 Å². The molecule has 17 heavy (non-hydrogen) atoms. The maximum absolute atomic E-state index is 6.37. The summed E-state index contributed by atoms with van der Waals surface area (Å²) in [6, 6.07) is 6.53. The van der Waals surface area contributed by atoms with Crippen LogP contribution >= 0.6 is 0 Å². The molecule has 0 atom stereocenters. The predicted octanol–water partition coefficient (Wildman–Crippen LogP) is 3.13. The molecule has 0 bridgehead atoms. The standard InChI is InChI=1S/C15H21NO/c1-14(2)9-6-11-10-12(4-5-13(11)17-14)15(16)7-3-8-15/h4-5,10H,3,6-9,16H2,1-2H3. The Morgan fingerprint density at radius 1 is 1.18 bits per heavy atom. The van der Waals surface area contributed by atoms with Crippen molar-refractivity contribution in [2.45, 2.75) is 57.1 Å². The topological polar surface area (TPSA) is 35.2 Å². The Balaban J connectivity index is 1.93. The Hall–Kier alpha value is -1.02. The second-order valence-corrected chi connectivity index (χ2v) is 6.19. The van der Waals surface area contributed by atoms with Gasteiger partial charge in [0.2, 0.25) is 0 Å². The number of rotatable bonds is 1. The van der Waals surface area contributed by atoms with Gasteiger partial charge >= 0.3 is 0 Å². The molecule has 3 rings (SSSR count). The molecule has 1 heterocycles. The highest BCUT2D eigenvalue weighted by Crippen LogP contribution is 2.41. The van der Waals surface area contributed by atoms with E-state index in [9.17, 15) is 0 Å². The molecule has 1 aliphatic carbocycles. The Kier molecular flexibility index (Phi) is 2.27. The molecule has 0 amide bonds. The van der Waals surface area contributed by atoms with Crippen LogP contribution in [0.4, 0.5) is 0 Å². The second-order valence-electron chi connectivity index (χ2n) is 6.19. The lowest BCUT2D eigenvalue weighted by Crippen LogP contribution is -2.43. The molecule has 1 aromatic rings. The summed E-state index contributed by atoms with van der Waals surface area (Å²) < 4.78 is 6.00. The van der Waals surface area contributed by atoms with Gasteiger partial charge in [0, 0.05) is 5.54 Å². The molecule has 2 N–H and O–H groups in total. The van der Waals surface area contributed by atoms with Crippen molar-refractivity contribution in [3.8, 4) is 5.75 Å². The minimum absolute atomic E-state index is 0.0224. The lowest BCUT2D eigenvalue weighted by Gasteiger charge is -2.40. The summed E-state index contributed by atoms with van der Waals surface area (Å²) in [5.74, 6) is 1.05. The number of nitrogens with two attached hydrogens (primary N) is 1. The first-order valence-electron chi connectivity index (χ1n) is 6.60. The third-order valence-corrected chi connectivity index (χ3v) is 4.26. The number of benzene rings is 1. The van der Waals surface area contributed by atoms with E-state index in [2.05, 4.69) is 32.0 Å². The molecule has 0 radical (unpaired) electrons. The van der Waals surface area contributed by atoms with Crippen molar-refractivity contribution < 1.29 is 4.74 Å². The Bertz CT molecular complexity index is 446. The first-order valence-corrected chi connectivity index (χ1v) is 6.60. The molecule has 0 spiro atoms. The minimum atomic E-state index is -0.0536. The van der Waals surface area contributed by atoms with Crippen LogP contribution in [0.3, 0.4) is 0 Å². The molecular weight excluding hydrogens is 210 g/mol. The van der Waals surface area contributed by atoms with Crippen LogP contribution in [0.25, 0.3) is 0 Å². The van der Waals surface area contributed by atoms with Gasteiger partial charge in [-0.15, -0.1) is 0 Å². The van der Waals surface area contributed by atoms with E-state index < -0.39 is 0 Å². The lowest BCUT2D eigenvalue weighted by atomic mass is 9.72. The monoisotopic (exact) mass is 231 g/mol. The van der Waals surface area contributed by atoms with Crippen LogP contribution in [0.2, 0.25) is 0 Å². The largest absolute Gasteiger partial charge is 0.488 e. The fourth-order valence-electron chi connectivity index (χ4n) is 2.81. The molecule has 0 aromatic heterocycles. The van der Waals surface area contributed by atoms with Crippen LogP contribution in [-0.4, -0.2) is 5.60 Å². The zero-order chi connectivity index (χ0) is 12.1. The highest BCUT2D eigenvalue weighted by atomic mass is 16.5. The van der Waals surface area contributed by atoms with Gasteiger partial charge in [-0.3, -0.25) is 0 Å². The highest BCUT2D eigenvalue weighted by molar-refractivity contribution is 5.42. The molecule has 2 nitrogen and oxygen atoms in total. The Morgan fingerprint density at radius 2 is 1.94 bits per heavy atom. The fraction of sp³-hybridized carbons (Fsp3) is 0.600. The molecule has 1 aliphatic heterocycles. The van der Waals surface area contributed by atoms with Crippen molar-refractivity contribution in [1.29, 1.82) is 0 Å².